The highest BCUT2D eigenvalue weighted by Gasteiger charge is 2.22. The second kappa shape index (κ2) is 8.03. The molecular weight excluding hydrogens is 344 g/mol. The lowest BCUT2D eigenvalue weighted by Crippen LogP contribution is -2.13. The van der Waals surface area contributed by atoms with Crippen LogP contribution in [0.25, 0.3) is 0 Å². The number of benzene rings is 2. The van der Waals surface area contributed by atoms with Crippen molar-refractivity contribution in [3.63, 3.8) is 0 Å². The number of carbonyl (C=O) groups is 1. The van der Waals surface area contributed by atoms with Gasteiger partial charge in [-0.15, -0.1) is 5.10 Å². The van der Waals surface area contributed by atoms with E-state index in [1.165, 1.54) is 7.11 Å². The van der Waals surface area contributed by atoms with E-state index in [2.05, 4.69) is 10.2 Å². The third kappa shape index (κ3) is 4.00. The molecule has 0 saturated heterocycles. The molecule has 0 N–H and O–H groups in total. The van der Waals surface area contributed by atoms with Gasteiger partial charge in [0.2, 0.25) is 0 Å². The van der Waals surface area contributed by atoms with Gasteiger partial charge in [-0.05, 0) is 24.6 Å². The predicted octanol–water partition coefficient (Wildman–Crippen LogP) is 3.32. The van der Waals surface area contributed by atoms with Gasteiger partial charge in [-0.25, -0.2) is 0 Å². The van der Waals surface area contributed by atoms with Gasteiger partial charge in [0.25, 0.3) is 0 Å². The van der Waals surface area contributed by atoms with Crippen LogP contribution in [0.1, 0.15) is 28.7 Å². The monoisotopic (exact) mass is 366 g/mol. The number of methoxy groups -OCH3 is 3. The van der Waals surface area contributed by atoms with Crippen LogP contribution < -0.4 is 9.47 Å². The fourth-order valence-corrected chi connectivity index (χ4v) is 2.98. The molecule has 0 saturated carbocycles. The highest BCUT2D eigenvalue weighted by molar-refractivity contribution is 6.16. The van der Waals surface area contributed by atoms with Crippen molar-refractivity contribution < 1.29 is 19.0 Å². The molecule has 140 valence electrons. The summed E-state index contributed by atoms with van der Waals surface area (Å²) in [5.74, 6) is 0.899. The Morgan fingerprint density at radius 3 is 2.30 bits per heavy atom. The van der Waals surface area contributed by atoms with E-state index in [4.69, 9.17) is 14.2 Å². The third-order valence-corrected chi connectivity index (χ3v) is 4.45. The van der Waals surface area contributed by atoms with Gasteiger partial charge in [0.15, 0.2) is 11.5 Å². The van der Waals surface area contributed by atoms with E-state index in [1.54, 1.807) is 14.2 Å². The zero-order chi connectivity index (χ0) is 19.4. The molecule has 0 fully saturated rings. The number of nitrogens with zero attached hydrogens (tertiary/aromatic N) is 2. The smallest absolute Gasteiger partial charge is 0.311 e. The molecule has 0 aromatic heterocycles. The third-order valence-electron chi connectivity index (χ3n) is 4.45. The summed E-state index contributed by atoms with van der Waals surface area (Å²) in [6.45, 7) is 2.03. The molecule has 0 radical (unpaired) electrons. The van der Waals surface area contributed by atoms with Crippen LogP contribution in [0, 0.1) is 6.92 Å². The first-order chi connectivity index (χ1) is 13.0. The molecule has 0 unspecified atom stereocenters. The summed E-state index contributed by atoms with van der Waals surface area (Å²) in [4.78, 5) is 11.7. The molecular formula is C21H22N2O4. The molecule has 0 atom stereocenters. The van der Waals surface area contributed by atoms with Crippen LogP contribution >= 0.6 is 0 Å². The Kier molecular flexibility index (Phi) is 5.54. The lowest BCUT2D eigenvalue weighted by molar-refractivity contribution is -0.139. The first-order valence-electron chi connectivity index (χ1n) is 8.58. The van der Waals surface area contributed by atoms with E-state index >= 15 is 0 Å². The average Bonchev–Trinajstić information content (AvgIpc) is 2.86. The molecule has 1 aliphatic rings. The van der Waals surface area contributed by atoms with Crippen molar-refractivity contribution >= 4 is 17.4 Å². The van der Waals surface area contributed by atoms with Crippen LogP contribution in [0.5, 0.6) is 11.5 Å². The van der Waals surface area contributed by atoms with E-state index in [0.29, 0.717) is 23.6 Å². The predicted molar refractivity (Wildman–Crippen MR) is 104 cm³/mol. The fourth-order valence-electron chi connectivity index (χ4n) is 2.98. The summed E-state index contributed by atoms with van der Waals surface area (Å²) in [5.41, 5.74) is 5.34. The average molecular weight is 366 g/mol. The summed E-state index contributed by atoms with van der Waals surface area (Å²) in [6.07, 6.45) is 0.568. The van der Waals surface area contributed by atoms with Crippen LogP contribution in [-0.4, -0.2) is 38.7 Å². The van der Waals surface area contributed by atoms with Gasteiger partial charge < -0.3 is 14.2 Å². The van der Waals surface area contributed by atoms with Crippen LogP contribution in [0.4, 0.5) is 0 Å². The molecule has 0 amide bonds. The van der Waals surface area contributed by atoms with Crippen LogP contribution in [-0.2, 0) is 16.0 Å². The number of ether oxygens (including phenoxy) is 3. The summed E-state index contributed by atoms with van der Waals surface area (Å²) >= 11 is 0. The molecule has 1 heterocycles. The van der Waals surface area contributed by atoms with Crippen molar-refractivity contribution in [3.05, 3.63) is 58.7 Å². The number of carbonyl (C=O) groups excluding carboxylic acids is 1. The van der Waals surface area contributed by atoms with E-state index in [1.807, 2.05) is 43.3 Å². The van der Waals surface area contributed by atoms with Crippen molar-refractivity contribution in [2.75, 3.05) is 21.3 Å². The van der Waals surface area contributed by atoms with Crippen LogP contribution in [0.2, 0.25) is 0 Å². The van der Waals surface area contributed by atoms with Crippen molar-refractivity contribution in [3.8, 4) is 11.5 Å². The summed E-state index contributed by atoms with van der Waals surface area (Å²) < 4.78 is 15.7. The van der Waals surface area contributed by atoms with Gasteiger partial charge in [0.1, 0.15) is 5.71 Å². The molecule has 6 nitrogen and oxygen atoms in total. The van der Waals surface area contributed by atoms with Crippen molar-refractivity contribution in [2.24, 2.45) is 10.2 Å². The maximum Gasteiger partial charge on any atom is 0.311 e. The Morgan fingerprint density at radius 2 is 1.67 bits per heavy atom. The quantitative estimate of drug-likeness (QED) is 0.761. The number of aryl methyl sites for hydroxylation is 1. The minimum absolute atomic E-state index is 0.0922. The lowest BCUT2D eigenvalue weighted by atomic mass is 9.93. The molecule has 1 aliphatic heterocycles. The normalized spacial score (nSPS) is 13.0. The number of esters is 1. The highest BCUT2D eigenvalue weighted by atomic mass is 16.5. The minimum atomic E-state index is -0.343. The number of hydrogen-bond donors (Lipinski definition) is 0. The first kappa shape index (κ1) is 18.6. The first-order valence-corrected chi connectivity index (χ1v) is 8.58. The number of hydrogen-bond acceptors (Lipinski definition) is 6. The van der Waals surface area contributed by atoms with Gasteiger partial charge >= 0.3 is 5.97 Å². The van der Waals surface area contributed by atoms with E-state index < -0.39 is 0 Å². The zero-order valence-corrected chi connectivity index (χ0v) is 15.9. The Balaban J connectivity index is 2.15. The Morgan fingerprint density at radius 1 is 1.00 bits per heavy atom. The molecule has 2 aromatic rings. The fraction of sp³-hybridized carbons (Fsp3) is 0.286. The number of fused-ring (bicyclic) bond motifs is 1. The molecule has 0 bridgehead atoms. The van der Waals surface area contributed by atoms with Gasteiger partial charge in [-0.1, -0.05) is 29.8 Å². The maximum absolute atomic E-state index is 11.7. The van der Waals surface area contributed by atoms with Crippen LogP contribution in [0.15, 0.2) is 46.6 Å². The van der Waals surface area contributed by atoms with Gasteiger partial charge in [0.05, 0.1) is 33.5 Å². The molecule has 0 spiro atoms. The largest absolute Gasteiger partial charge is 0.493 e. The Hall–Kier alpha value is -3.15. The SMILES string of the molecule is COC(=O)CC1=NN=C(c2ccc(C)cc2)c2cc(OC)c(OC)cc2C1. The Bertz CT molecular complexity index is 915. The van der Waals surface area contributed by atoms with E-state index in [0.717, 1.165) is 28.0 Å². The maximum atomic E-state index is 11.7. The summed E-state index contributed by atoms with van der Waals surface area (Å²) in [6, 6.07) is 11.9. The Labute approximate surface area is 158 Å². The minimum Gasteiger partial charge on any atom is -0.493 e. The topological polar surface area (TPSA) is 69.5 Å². The lowest BCUT2D eigenvalue weighted by Gasteiger charge is -2.15. The molecule has 0 aliphatic carbocycles. The second-order valence-corrected chi connectivity index (χ2v) is 6.27. The van der Waals surface area contributed by atoms with Crippen molar-refractivity contribution in [1.82, 2.24) is 0 Å². The highest BCUT2D eigenvalue weighted by Crippen LogP contribution is 2.33. The standard InChI is InChI=1S/C21H22N2O4/c1-13-5-7-14(8-6-13)21-17-12-19(26-3)18(25-2)10-15(17)9-16(22-23-21)11-20(24)27-4/h5-8,10,12H,9,11H2,1-4H3. The molecule has 2 aromatic carbocycles. The van der Waals surface area contributed by atoms with Crippen molar-refractivity contribution in [1.29, 1.82) is 0 Å². The molecule has 27 heavy (non-hydrogen) atoms. The zero-order valence-electron chi connectivity index (χ0n) is 15.9. The summed E-state index contributed by atoms with van der Waals surface area (Å²) in [5, 5.41) is 8.80. The van der Waals surface area contributed by atoms with Gasteiger partial charge in [-0.3, -0.25) is 4.79 Å². The molecule has 3 rings (SSSR count). The van der Waals surface area contributed by atoms with Gasteiger partial charge in [-0.2, -0.15) is 5.10 Å². The summed E-state index contributed by atoms with van der Waals surface area (Å²) in [7, 11) is 4.56. The van der Waals surface area contributed by atoms with E-state index in [9.17, 15) is 4.79 Å². The van der Waals surface area contributed by atoms with E-state index in [-0.39, 0.29) is 12.4 Å². The second-order valence-electron chi connectivity index (χ2n) is 6.27. The van der Waals surface area contributed by atoms with Crippen molar-refractivity contribution in [2.45, 2.75) is 19.8 Å². The molecule has 6 heteroatoms. The van der Waals surface area contributed by atoms with Gasteiger partial charge in [0, 0.05) is 17.5 Å². The van der Waals surface area contributed by atoms with Crippen LogP contribution in [0.3, 0.4) is 0 Å². The number of rotatable bonds is 5.